The van der Waals surface area contributed by atoms with E-state index in [1.165, 1.54) is 109 Å². The Morgan fingerprint density at radius 3 is 1.42 bits per heavy atom. The van der Waals surface area contributed by atoms with Crippen LogP contribution in [-0.4, -0.2) is 12.7 Å². The second kappa shape index (κ2) is 12.4. The summed E-state index contributed by atoms with van der Waals surface area (Å²) in [6.07, 6.45) is 28.7. The Labute approximate surface area is 202 Å². The van der Waals surface area contributed by atoms with Crippen molar-refractivity contribution in [3.63, 3.8) is 0 Å². The molecule has 1 heteroatoms. The molecule has 4 aliphatic rings. The third-order valence-electron chi connectivity index (χ3n) is 10.6. The summed E-state index contributed by atoms with van der Waals surface area (Å²) >= 11 is 0. The minimum atomic E-state index is 0. The van der Waals surface area contributed by atoms with Gasteiger partial charge < -0.3 is 4.74 Å². The van der Waals surface area contributed by atoms with Crippen LogP contribution in [0, 0.1) is 41.4 Å². The molecule has 0 N–H and O–H groups in total. The zero-order valence-electron chi connectivity index (χ0n) is 21.2. The van der Waals surface area contributed by atoms with Gasteiger partial charge in [0.1, 0.15) is 0 Å². The molecule has 0 radical (unpaired) electrons. The molecule has 0 aromatic carbocycles. The summed E-state index contributed by atoms with van der Waals surface area (Å²) in [5.41, 5.74) is 0. The maximum absolute atomic E-state index is 6.51. The van der Waals surface area contributed by atoms with Gasteiger partial charge in [-0.1, -0.05) is 58.8 Å². The Morgan fingerprint density at radius 2 is 0.968 bits per heavy atom. The Kier molecular flexibility index (Phi) is 9.66. The fourth-order valence-electron chi connectivity index (χ4n) is 8.25. The van der Waals surface area contributed by atoms with Crippen molar-refractivity contribution in [2.45, 2.75) is 142 Å². The van der Waals surface area contributed by atoms with E-state index in [2.05, 4.69) is 13.8 Å². The van der Waals surface area contributed by atoms with Gasteiger partial charge >= 0.3 is 0 Å². The topological polar surface area (TPSA) is 9.23 Å². The Bertz CT molecular complexity index is 490. The maximum Gasteiger partial charge on any atom is 0.0575 e. The highest BCUT2D eigenvalue weighted by atomic mass is 16.5. The standard InChI is InChI=1S/C30H54O.5H2/c1-3-5-24-8-14-27(15-9-24)28-16-10-25(11-17-28)22-31-30-20-18-29(19-21-30)26-12-6-23(4-2)7-13-26;;;;;/h23-30H,3-22H2,1-2H3;5*1H/i;1+1;;;;. The van der Waals surface area contributed by atoms with Crippen molar-refractivity contribution in [2.24, 2.45) is 41.4 Å². The van der Waals surface area contributed by atoms with Gasteiger partial charge in [0.2, 0.25) is 0 Å². The van der Waals surface area contributed by atoms with E-state index < -0.39 is 0 Å². The van der Waals surface area contributed by atoms with Crippen molar-refractivity contribution in [3.05, 3.63) is 0 Å². The summed E-state index contributed by atoms with van der Waals surface area (Å²) in [5.74, 6) is 7.18. The lowest BCUT2D eigenvalue weighted by Gasteiger charge is -2.39. The molecule has 4 aliphatic carbocycles. The first-order valence-electron chi connectivity index (χ1n) is 14.9. The Morgan fingerprint density at radius 1 is 0.548 bits per heavy atom. The molecule has 0 atom stereocenters. The van der Waals surface area contributed by atoms with E-state index in [9.17, 15) is 0 Å². The van der Waals surface area contributed by atoms with E-state index in [-0.39, 0.29) is 7.13 Å². The fraction of sp³-hybridized carbons (Fsp3) is 1.00. The molecule has 4 fully saturated rings. The monoisotopic (exact) mass is 442 g/mol. The van der Waals surface area contributed by atoms with Gasteiger partial charge in [0, 0.05) is 13.7 Å². The van der Waals surface area contributed by atoms with Crippen molar-refractivity contribution >= 4 is 0 Å². The molecule has 0 unspecified atom stereocenters. The zero-order valence-corrected chi connectivity index (χ0v) is 21.2. The van der Waals surface area contributed by atoms with E-state index in [1.54, 1.807) is 12.8 Å². The van der Waals surface area contributed by atoms with Gasteiger partial charge in [0.15, 0.2) is 0 Å². The van der Waals surface area contributed by atoms with Gasteiger partial charge in [-0.3, -0.25) is 0 Å². The van der Waals surface area contributed by atoms with Gasteiger partial charge in [0.05, 0.1) is 6.10 Å². The van der Waals surface area contributed by atoms with Crippen molar-refractivity contribution in [3.8, 4) is 0 Å². The van der Waals surface area contributed by atoms with Crippen LogP contribution in [0.25, 0.3) is 0 Å². The number of hydrogen-bond donors (Lipinski definition) is 0. The predicted molar refractivity (Wildman–Crippen MR) is 144 cm³/mol. The maximum atomic E-state index is 6.51. The summed E-state index contributed by atoms with van der Waals surface area (Å²) in [6, 6.07) is 0. The van der Waals surface area contributed by atoms with E-state index in [0.717, 1.165) is 48.0 Å². The third-order valence-corrected chi connectivity index (χ3v) is 10.6. The molecule has 0 bridgehead atoms. The van der Waals surface area contributed by atoms with E-state index in [1.807, 2.05) is 0 Å². The molecule has 0 aromatic heterocycles. The molecular weight excluding hydrogens is 376 g/mol. The lowest BCUT2D eigenvalue weighted by atomic mass is 9.69. The van der Waals surface area contributed by atoms with Crippen molar-refractivity contribution in [1.29, 1.82) is 0 Å². The average Bonchev–Trinajstić information content (AvgIpc) is 2.84. The summed E-state index contributed by atoms with van der Waals surface area (Å²) in [4.78, 5) is 0. The van der Waals surface area contributed by atoms with Crippen molar-refractivity contribution in [2.75, 3.05) is 6.61 Å². The number of rotatable bonds is 8. The molecule has 0 aliphatic heterocycles. The quantitative estimate of drug-likeness (QED) is 0.364. The van der Waals surface area contributed by atoms with Crippen LogP contribution in [-0.2, 0) is 4.74 Å². The molecule has 0 saturated heterocycles. The summed E-state index contributed by atoms with van der Waals surface area (Å²) in [5, 5.41) is 0. The first-order valence-corrected chi connectivity index (χ1v) is 14.9. The van der Waals surface area contributed by atoms with Crippen LogP contribution in [0.1, 0.15) is 143 Å². The molecule has 0 aromatic rings. The Hall–Kier alpha value is -0.0400. The largest absolute Gasteiger partial charge is 0.378 e. The lowest BCUT2D eigenvalue weighted by molar-refractivity contribution is -0.0193. The summed E-state index contributed by atoms with van der Waals surface area (Å²) in [7, 11) is 0. The molecule has 0 amide bonds. The van der Waals surface area contributed by atoms with Crippen LogP contribution in [0.5, 0.6) is 0 Å². The normalized spacial score (nSPS) is 42.4. The molecule has 31 heavy (non-hydrogen) atoms. The van der Waals surface area contributed by atoms with Crippen LogP contribution in [0.15, 0.2) is 0 Å². The molecule has 1 nitrogen and oxygen atoms in total. The summed E-state index contributed by atoms with van der Waals surface area (Å²) in [6.45, 7) is 5.82. The van der Waals surface area contributed by atoms with Crippen LogP contribution in [0.4, 0.5) is 0 Å². The van der Waals surface area contributed by atoms with E-state index in [0.29, 0.717) is 6.10 Å². The summed E-state index contributed by atoms with van der Waals surface area (Å²) < 4.78 is 6.51. The van der Waals surface area contributed by atoms with Crippen molar-refractivity contribution in [1.82, 2.24) is 0 Å². The third kappa shape index (κ3) is 6.97. The van der Waals surface area contributed by atoms with Gasteiger partial charge in [-0.05, 0) is 118 Å². The van der Waals surface area contributed by atoms with E-state index >= 15 is 0 Å². The molecular formula is C30H64O. The molecule has 4 rings (SSSR count). The van der Waals surface area contributed by atoms with Crippen LogP contribution >= 0.6 is 0 Å². The number of hydrogen-bond acceptors (Lipinski definition) is 1. The minimum absolute atomic E-state index is 0. The van der Waals surface area contributed by atoms with Crippen LogP contribution < -0.4 is 0 Å². The molecule has 0 spiro atoms. The Balaban J connectivity index is 0. The van der Waals surface area contributed by atoms with Gasteiger partial charge in [-0.15, -0.1) is 0 Å². The first kappa shape index (κ1) is 24.1. The second-order valence-electron chi connectivity index (χ2n) is 12.4. The average molecular weight is 442 g/mol. The van der Waals surface area contributed by atoms with E-state index in [4.69, 9.17) is 4.74 Å². The molecule has 4 saturated carbocycles. The predicted octanol–water partition coefficient (Wildman–Crippen LogP) is 10.4. The minimum Gasteiger partial charge on any atom is -0.378 e. The van der Waals surface area contributed by atoms with Crippen LogP contribution in [0.3, 0.4) is 0 Å². The SMILES string of the molecule is CCCC1CCC(C2CCC(COC3CCC(C4CCC(CC)CC4)CC3)CC2)CC1.[2HH].[HH].[HH].[HH].[HH]. The second-order valence-corrected chi connectivity index (χ2v) is 12.4. The van der Waals surface area contributed by atoms with Crippen LogP contribution in [0.2, 0.25) is 0 Å². The van der Waals surface area contributed by atoms with Gasteiger partial charge in [-0.2, -0.15) is 0 Å². The highest BCUT2D eigenvalue weighted by molar-refractivity contribution is 4.84. The number of ether oxygens (including phenoxy) is 1. The molecule has 0 heterocycles. The fourth-order valence-corrected chi connectivity index (χ4v) is 8.25. The highest BCUT2D eigenvalue weighted by Crippen LogP contribution is 2.43. The van der Waals surface area contributed by atoms with Gasteiger partial charge in [0.25, 0.3) is 0 Å². The lowest BCUT2D eigenvalue weighted by Crippen LogP contribution is -2.31. The zero-order chi connectivity index (χ0) is 21.5. The highest BCUT2D eigenvalue weighted by Gasteiger charge is 2.33. The van der Waals surface area contributed by atoms with Gasteiger partial charge in [-0.25, -0.2) is 0 Å². The molecule has 190 valence electrons. The van der Waals surface area contributed by atoms with Crippen molar-refractivity contribution < 1.29 is 11.9 Å². The smallest absolute Gasteiger partial charge is 0.0575 e. The first-order chi connectivity index (χ1) is 15.2.